The second-order valence-corrected chi connectivity index (χ2v) is 28.8. The van der Waals surface area contributed by atoms with Gasteiger partial charge in [-0.05, 0) is 0 Å². The minimum atomic E-state index is -1.87. The van der Waals surface area contributed by atoms with Gasteiger partial charge in [-0.1, -0.05) is 13.8 Å². The summed E-state index contributed by atoms with van der Waals surface area (Å²) in [7, 11) is 0. The molecule has 0 aromatic heterocycles. The van der Waals surface area contributed by atoms with Gasteiger partial charge in [-0.3, -0.25) is 0 Å². The zero-order valence-electron chi connectivity index (χ0n) is 26.9. The van der Waals surface area contributed by atoms with Crippen molar-refractivity contribution < 1.29 is 45.7 Å². The molecule has 0 saturated carbocycles. The van der Waals surface area contributed by atoms with E-state index in [4.69, 9.17) is 0 Å². The van der Waals surface area contributed by atoms with Crippen LogP contribution in [0.25, 0.3) is 12.2 Å². The third-order valence-electron chi connectivity index (χ3n) is 8.54. The molecule has 0 radical (unpaired) electrons. The van der Waals surface area contributed by atoms with E-state index in [1.807, 2.05) is 13.8 Å². The quantitative estimate of drug-likeness (QED) is 0.381. The minimum absolute atomic E-state index is 0. The molecule has 0 amide bonds. The molecule has 2 unspecified atom stereocenters. The van der Waals surface area contributed by atoms with E-state index in [1.54, 1.807) is 55.7 Å². The van der Waals surface area contributed by atoms with Gasteiger partial charge in [0.1, 0.15) is 0 Å². The summed E-state index contributed by atoms with van der Waals surface area (Å²) in [5.74, 6) is 2.32. The summed E-state index contributed by atoms with van der Waals surface area (Å²) >= 11 is -1.87. The number of hydrogen-bond acceptors (Lipinski definition) is 0. The Bertz CT molecular complexity index is 1100. The summed E-state index contributed by atoms with van der Waals surface area (Å²) in [5.41, 5.74) is 16.2. The van der Waals surface area contributed by atoms with E-state index in [0.717, 1.165) is 7.25 Å². The van der Waals surface area contributed by atoms with Gasteiger partial charge in [-0.25, -0.2) is 0 Å². The smallest absolute Gasteiger partial charge is 1.00 e. The third-order valence-corrected chi connectivity index (χ3v) is 27.6. The normalized spacial score (nSPS) is 17.6. The number of hydrogen-bond donors (Lipinski definition) is 0. The topological polar surface area (TPSA) is 0 Å². The Hall–Kier alpha value is -0.400. The van der Waals surface area contributed by atoms with Crippen LogP contribution in [0.4, 0.5) is 0 Å². The second kappa shape index (κ2) is 15.2. The predicted molar refractivity (Wildman–Crippen MR) is 168 cm³/mol. The molecular formula is C35H53Cl2SiZr. The van der Waals surface area contributed by atoms with Gasteiger partial charge in [-0.15, -0.1) is 0 Å². The van der Waals surface area contributed by atoms with Crippen LogP contribution >= 0.6 is 0 Å². The van der Waals surface area contributed by atoms with Gasteiger partial charge in [0.25, 0.3) is 0 Å². The zero-order valence-corrected chi connectivity index (χ0v) is 32.3. The average molecular weight is 664 g/mol. The van der Waals surface area contributed by atoms with Crippen molar-refractivity contribution in [1.82, 2.24) is 0 Å². The summed E-state index contributed by atoms with van der Waals surface area (Å²) in [6, 6.07) is 10.3. The summed E-state index contributed by atoms with van der Waals surface area (Å²) in [6.07, 6.45) is 5.20. The Kier molecular flexibility index (Phi) is 14.3. The standard InChI is InChI=1S/2C16H21.C2H6.CH5Si.2ClH.Zr/c2*1-10(2)13-8-14-6-12(5)7-16(14)15(9-13)11(3)4;2*1-2;;;/h2*6-11H,1-5H3;1-2H3;2H2,1H3;2*1H;/q;;;;;;+2/p-2. The molecule has 2 aliphatic rings. The van der Waals surface area contributed by atoms with Crippen LogP contribution in [-0.4, -0.2) is 6.65 Å². The van der Waals surface area contributed by atoms with E-state index in [0.29, 0.717) is 23.7 Å². The van der Waals surface area contributed by atoms with E-state index in [1.165, 1.54) is 0 Å². The van der Waals surface area contributed by atoms with Gasteiger partial charge in [0, 0.05) is 0 Å². The Morgan fingerprint density at radius 2 is 0.923 bits per heavy atom. The number of halogens is 2. The molecule has 0 heterocycles. The Morgan fingerprint density at radius 1 is 0.590 bits per heavy atom. The van der Waals surface area contributed by atoms with Crippen LogP contribution in [0.15, 0.2) is 35.4 Å². The Balaban J connectivity index is 0.00000186. The fourth-order valence-corrected chi connectivity index (χ4v) is 27.0. The van der Waals surface area contributed by atoms with Gasteiger partial charge in [-0.2, -0.15) is 0 Å². The third kappa shape index (κ3) is 7.16. The molecule has 4 rings (SSSR count). The van der Waals surface area contributed by atoms with Gasteiger partial charge in [0.15, 0.2) is 0 Å². The van der Waals surface area contributed by atoms with Crippen molar-refractivity contribution in [3.63, 3.8) is 0 Å². The Labute approximate surface area is 263 Å². The fourth-order valence-electron chi connectivity index (χ4n) is 6.55. The molecule has 0 N–H and O–H groups in total. The van der Waals surface area contributed by atoms with Crippen LogP contribution in [0.5, 0.6) is 0 Å². The minimum Gasteiger partial charge on any atom is -1.00 e. The van der Waals surface area contributed by atoms with E-state index in [-0.39, 0.29) is 31.5 Å². The second-order valence-electron chi connectivity index (χ2n) is 12.4. The SMILES string of the molecule is CC.C[SiH2][Zr+2]([CH]1C(C)=Cc2c(C(C)C)cc(C(C)C)cc21)[CH]1C(C)=Cc2c(C(C)C)cc(C(C)C)cc21.[Cl-].[Cl-]. The van der Waals surface area contributed by atoms with Crippen LogP contribution in [0, 0.1) is 0 Å². The first-order valence-corrected chi connectivity index (χ1v) is 25.2. The van der Waals surface area contributed by atoms with Crippen molar-refractivity contribution in [2.45, 2.75) is 121 Å². The number of benzene rings is 2. The molecule has 2 aliphatic carbocycles. The Morgan fingerprint density at radius 3 is 1.18 bits per heavy atom. The average Bonchev–Trinajstić information content (AvgIpc) is 3.35. The van der Waals surface area contributed by atoms with Gasteiger partial charge >= 0.3 is 226 Å². The van der Waals surface area contributed by atoms with E-state index >= 15 is 0 Å². The molecule has 4 heteroatoms. The summed E-state index contributed by atoms with van der Waals surface area (Å²) in [5, 5.41) is 0. The molecule has 39 heavy (non-hydrogen) atoms. The molecule has 2 aromatic carbocycles. The van der Waals surface area contributed by atoms with E-state index in [2.05, 4.69) is 112 Å². The number of fused-ring (bicyclic) bond motifs is 2. The molecule has 0 aliphatic heterocycles. The first kappa shape index (κ1) is 36.6. The first-order chi connectivity index (χ1) is 17.5. The van der Waals surface area contributed by atoms with Crippen LogP contribution < -0.4 is 24.8 Å². The van der Waals surface area contributed by atoms with Crippen LogP contribution in [0.1, 0.15) is 159 Å². The first-order valence-electron chi connectivity index (χ1n) is 15.0. The molecular weight excluding hydrogens is 611 g/mol. The van der Waals surface area contributed by atoms with Gasteiger partial charge in [0.2, 0.25) is 0 Å². The van der Waals surface area contributed by atoms with Gasteiger partial charge < -0.3 is 24.8 Å². The van der Waals surface area contributed by atoms with Crippen LogP contribution in [0.3, 0.4) is 0 Å². The van der Waals surface area contributed by atoms with Crippen molar-refractivity contribution in [1.29, 1.82) is 0 Å². The number of allylic oxidation sites excluding steroid dienone is 2. The molecule has 0 bridgehead atoms. The maximum absolute atomic E-state index is 2.65. The zero-order chi connectivity index (χ0) is 27.8. The summed E-state index contributed by atoms with van der Waals surface area (Å²) < 4.78 is 1.51. The monoisotopic (exact) mass is 661 g/mol. The summed E-state index contributed by atoms with van der Waals surface area (Å²) in [4.78, 5) is 0. The van der Waals surface area contributed by atoms with Crippen molar-refractivity contribution in [3.05, 3.63) is 79.9 Å². The molecule has 0 nitrogen and oxygen atoms in total. The largest absolute Gasteiger partial charge is 1.00 e. The molecule has 215 valence electrons. The molecule has 0 saturated heterocycles. The van der Waals surface area contributed by atoms with E-state index in [9.17, 15) is 0 Å². The summed E-state index contributed by atoms with van der Waals surface area (Å²) in [6.45, 7) is 30.5. The van der Waals surface area contributed by atoms with Crippen LogP contribution in [0.2, 0.25) is 6.55 Å². The van der Waals surface area contributed by atoms with Crippen molar-refractivity contribution in [3.8, 4) is 0 Å². The number of rotatable bonds is 7. The van der Waals surface area contributed by atoms with Crippen molar-refractivity contribution >= 4 is 18.8 Å². The maximum Gasteiger partial charge on any atom is -1.00 e. The van der Waals surface area contributed by atoms with Crippen molar-refractivity contribution in [2.75, 3.05) is 0 Å². The van der Waals surface area contributed by atoms with Gasteiger partial charge in [0.05, 0.1) is 0 Å². The van der Waals surface area contributed by atoms with E-state index < -0.39 is 20.9 Å². The molecule has 2 atom stereocenters. The fraction of sp³-hybridized carbons (Fsp3) is 0.543. The molecule has 2 aromatic rings. The predicted octanol–water partition coefficient (Wildman–Crippen LogP) is 4.58. The maximum atomic E-state index is 2.65. The molecule has 0 spiro atoms. The molecule has 0 fully saturated rings. The van der Waals surface area contributed by atoms with Crippen LogP contribution in [-0.2, 0) is 20.9 Å². The van der Waals surface area contributed by atoms with Crippen molar-refractivity contribution in [2.24, 2.45) is 0 Å².